The second kappa shape index (κ2) is 4.81. The van der Waals surface area contributed by atoms with Gasteiger partial charge in [-0.1, -0.05) is 0 Å². The van der Waals surface area contributed by atoms with Crippen LogP contribution in [0.25, 0.3) is 0 Å². The van der Waals surface area contributed by atoms with E-state index in [4.69, 9.17) is 9.47 Å². The third-order valence-corrected chi connectivity index (χ3v) is 3.86. The van der Waals surface area contributed by atoms with Gasteiger partial charge in [-0.3, -0.25) is 0 Å². The molecule has 3 nitrogen and oxygen atoms in total. The lowest BCUT2D eigenvalue weighted by Crippen LogP contribution is -2.31. The van der Waals surface area contributed by atoms with Crippen molar-refractivity contribution < 1.29 is 9.47 Å². The van der Waals surface area contributed by atoms with E-state index in [0.717, 1.165) is 38.2 Å². The number of anilines is 1. The Kier molecular flexibility index (Phi) is 3.16. The summed E-state index contributed by atoms with van der Waals surface area (Å²) in [4.78, 5) is 0. The van der Waals surface area contributed by atoms with Crippen molar-refractivity contribution in [1.82, 2.24) is 0 Å². The molecule has 1 atom stereocenters. The molecule has 2 aliphatic rings. The zero-order valence-electron chi connectivity index (χ0n) is 11.0. The second-order valence-corrected chi connectivity index (χ2v) is 5.54. The van der Waals surface area contributed by atoms with Gasteiger partial charge in [-0.15, -0.1) is 0 Å². The minimum Gasteiger partial charge on any atom is -0.491 e. The maximum Gasteiger partial charge on any atom is 0.119 e. The first-order chi connectivity index (χ1) is 8.75. The first kappa shape index (κ1) is 11.8. The minimum absolute atomic E-state index is 0.0891. The third-order valence-electron chi connectivity index (χ3n) is 3.86. The summed E-state index contributed by atoms with van der Waals surface area (Å²) in [6.45, 7) is 4.74. The van der Waals surface area contributed by atoms with Gasteiger partial charge in [0.25, 0.3) is 0 Å². The summed E-state index contributed by atoms with van der Waals surface area (Å²) in [5.74, 6) is 0.967. The lowest BCUT2D eigenvalue weighted by molar-refractivity contribution is -0.0159. The summed E-state index contributed by atoms with van der Waals surface area (Å²) in [6.07, 6.45) is 4.60. The van der Waals surface area contributed by atoms with Crippen LogP contribution in [0, 0.1) is 0 Å². The molecule has 3 rings (SSSR count). The SMILES string of the molecule is CC1(COc2ccc3c(c2)CCCN3)CCCO1. The molecule has 3 heteroatoms. The molecule has 1 aromatic carbocycles. The Morgan fingerprint density at radius 2 is 2.33 bits per heavy atom. The number of hydrogen-bond donors (Lipinski definition) is 1. The zero-order chi connectivity index (χ0) is 12.4. The van der Waals surface area contributed by atoms with Crippen molar-refractivity contribution in [2.24, 2.45) is 0 Å². The van der Waals surface area contributed by atoms with Gasteiger partial charge in [-0.25, -0.2) is 0 Å². The topological polar surface area (TPSA) is 30.5 Å². The third kappa shape index (κ3) is 2.46. The zero-order valence-corrected chi connectivity index (χ0v) is 11.0. The number of hydrogen-bond acceptors (Lipinski definition) is 3. The van der Waals surface area contributed by atoms with Crippen LogP contribution in [0.1, 0.15) is 31.7 Å². The largest absolute Gasteiger partial charge is 0.491 e. The summed E-state index contributed by atoms with van der Waals surface area (Å²) < 4.78 is 11.6. The predicted octanol–water partition coefficient (Wildman–Crippen LogP) is 2.99. The van der Waals surface area contributed by atoms with Crippen LogP contribution in [0.3, 0.4) is 0 Å². The Balaban J connectivity index is 1.66. The molecule has 0 bridgehead atoms. The van der Waals surface area contributed by atoms with E-state index in [0.29, 0.717) is 6.61 Å². The standard InChI is InChI=1S/C15H21NO2/c1-15(7-3-9-18-15)11-17-13-5-6-14-12(10-13)4-2-8-16-14/h5-6,10,16H,2-4,7-9,11H2,1H3. The summed E-state index contributed by atoms with van der Waals surface area (Å²) >= 11 is 0. The number of rotatable bonds is 3. The van der Waals surface area contributed by atoms with E-state index in [9.17, 15) is 0 Å². The molecule has 0 radical (unpaired) electrons. The second-order valence-electron chi connectivity index (χ2n) is 5.54. The summed E-state index contributed by atoms with van der Waals surface area (Å²) in [6, 6.07) is 6.34. The lowest BCUT2D eigenvalue weighted by Gasteiger charge is -2.24. The fourth-order valence-corrected chi connectivity index (χ4v) is 2.73. The average molecular weight is 247 g/mol. The molecule has 1 N–H and O–H groups in total. The fourth-order valence-electron chi connectivity index (χ4n) is 2.73. The van der Waals surface area contributed by atoms with Gasteiger partial charge in [-0.2, -0.15) is 0 Å². The molecular weight excluding hydrogens is 226 g/mol. The first-order valence-corrected chi connectivity index (χ1v) is 6.89. The predicted molar refractivity (Wildman–Crippen MR) is 72.3 cm³/mol. The molecule has 1 aromatic rings. The van der Waals surface area contributed by atoms with E-state index in [2.05, 4.69) is 30.4 Å². The smallest absolute Gasteiger partial charge is 0.119 e. The number of benzene rings is 1. The Hall–Kier alpha value is -1.22. The molecule has 0 aliphatic carbocycles. The van der Waals surface area contributed by atoms with E-state index in [1.54, 1.807) is 0 Å². The van der Waals surface area contributed by atoms with E-state index < -0.39 is 0 Å². The Bertz CT molecular complexity index is 425. The van der Waals surface area contributed by atoms with Crippen LogP contribution >= 0.6 is 0 Å². The highest BCUT2D eigenvalue weighted by Gasteiger charge is 2.30. The van der Waals surface area contributed by atoms with Gasteiger partial charge in [-0.05, 0) is 56.4 Å². The van der Waals surface area contributed by atoms with Crippen molar-refractivity contribution in [3.63, 3.8) is 0 Å². The highest BCUT2D eigenvalue weighted by Crippen LogP contribution is 2.29. The maximum atomic E-state index is 5.91. The summed E-state index contributed by atoms with van der Waals surface area (Å²) in [7, 11) is 0. The van der Waals surface area contributed by atoms with Crippen molar-refractivity contribution in [3.8, 4) is 5.75 Å². The van der Waals surface area contributed by atoms with Crippen LogP contribution in [-0.4, -0.2) is 25.4 Å². The Labute approximate surface area is 108 Å². The van der Waals surface area contributed by atoms with Crippen LogP contribution in [0.5, 0.6) is 5.75 Å². The normalized spacial score (nSPS) is 26.5. The minimum atomic E-state index is -0.0891. The molecule has 1 fully saturated rings. The number of nitrogens with one attached hydrogen (secondary N) is 1. The van der Waals surface area contributed by atoms with Crippen molar-refractivity contribution in [2.45, 2.75) is 38.2 Å². The summed E-state index contributed by atoms with van der Waals surface area (Å²) in [5, 5.41) is 3.41. The molecule has 1 unspecified atom stereocenters. The average Bonchev–Trinajstić information content (AvgIpc) is 2.84. The molecule has 0 spiro atoms. The fraction of sp³-hybridized carbons (Fsp3) is 0.600. The summed E-state index contributed by atoms with van der Waals surface area (Å²) in [5.41, 5.74) is 2.54. The molecule has 0 saturated carbocycles. The molecular formula is C15H21NO2. The highest BCUT2D eigenvalue weighted by atomic mass is 16.5. The Morgan fingerprint density at radius 1 is 1.39 bits per heavy atom. The van der Waals surface area contributed by atoms with Crippen LogP contribution in [0.15, 0.2) is 18.2 Å². The number of fused-ring (bicyclic) bond motifs is 1. The van der Waals surface area contributed by atoms with Gasteiger partial charge in [0.15, 0.2) is 0 Å². The lowest BCUT2D eigenvalue weighted by atomic mass is 10.0. The quantitative estimate of drug-likeness (QED) is 0.890. The molecule has 1 saturated heterocycles. The highest BCUT2D eigenvalue weighted by molar-refractivity contribution is 5.55. The van der Waals surface area contributed by atoms with E-state index in [1.807, 2.05) is 0 Å². The maximum absolute atomic E-state index is 5.91. The molecule has 18 heavy (non-hydrogen) atoms. The van der Waals surface area contributed by atoms with Gasteiger partial charge in [0.1, 0.15) is 12.4 Å². The first-order valence-electron chi connectivity index (χ1n) is 6.89. The number of aryl methyl sites for hydroxylation is 1. The van der Waals surface area contributed by atoms with Crippen LogP contribution in [0.4, 0.5) is 5.69 Å². The van der Waals surface area contributed by atoms with Crippen molar-refractivity contribution >= 4 is 5.69 Å². The van der Waals surface area contributed by atoms with Crippen molar-refractivity contribution in [1.29, 1.82) is 0 Å². The monoisotopic (exact) mass is 247 g/mol. The molecule has 2 aliphatic heterocycles. The van der Waals surface area contributed by atoms with Gasteiger partial charge in [0.2, 0.25) is 0 Å². The van der Waals surface area contributed by atoms with Crippen molar-refractivity contribution in [3.05, 3.63) is 23.8 Å². The molecule has 2 heterocycles. The van der Waals surface area contributed by atoms with Crippen LogP contribution in [-0.2, 0) is 11.2 Å². The van der Waals surface area contributed by atoms with Gasteiger partial charge in [0.05, 0.1) is 5.60 Å². The molecule has 98 valence electrons. The van der Waals surface area contributed by atoms with Gasteiger partial charge in [0, 0.05) is 18.8 Å². The van der Waals surface area contributed by atoms with Crippen molar-refractivity contribution in [2.75, 3.05) is 25.1 Å². The van der Waals surface area contributed by atoms with Gasteiger partial charge >= 0.3 is 0 Å². The molecule has 0 amide bonds. The van der Waals surface area contributed by atoms with E-state index >= 15 is 0 Å². The molecule has 0 aromatic heterocycles. The van der Waals surface area contributed by atoms with Crippen LogP contribution in [0.2, 0.25) is 0 Å². The van der Waals surface area contributed by atoms with Crippen LogP contribution < -0.4 is 10.1 Å². The Morgan fingerprint density at radius 3 is 3.17 bits per heavy atom. The van der Waals surface area contributed by atoms with E-state index in [1.165, 1.54) is 17.7 Å². The van der Waals surface area contributed by atoms with E-state index in [-0.39, 0.29) is 5.60 Å². The number of ether oxygens (including phenoxy) is 2. The van der Waals surface area contributed by atoms with Gasteiger partial charge < -0.3 is 14.8 Å².